The van der Waals surface area contributed by atoms with Gasteiger partial charge in [0.1, 0.15) is 0 Å². The predicted octanol–water partition coefficient (Wildman–Crippen LogP) is 12.8. The van der Waals surface area contributed by atoms with E-state index in [1.165, 1.54) is 52.6 Å². The minimum Gasteiger partial charge on any atom is -0.0683 e. The number of aryl methyl sites for hydroxylation is 2. The molecule has 0 unspecified atom stereocenters. The Morgan fingerprint density at radius 1 is 0.324 bits per heavy atom. The molecule has 37 heavy (non-hydrogen) atoms. The molecule has 0 aliphatic carbocycles. The van der Waals surface area contributed by atoms with E-state index >= 15 is 0 Å². The van der Waals surface area contributed by atoms with Crippen molar-refractivity contribution in [1.82, 2.24) is 0 Å². The van der Waals surface area contributed by atoms with Crippen molar-refractivity contribution in [2.24, 2.45) is 0 Å². The molecule has 3 aromatic rings. The van der Waals surface area contributed by atoms with E-state index in [-0.39, 0.29) is 0 Å². The Bertz CT molecular complexity index is 691. The van der Waals surface area contributed by atoms with Crippen LogP contribution in [-0.4, -0.2) is 0 Å². The maximum absolute atomic E-state index is 2.25. The Morgan fingerprint density at radius 3 is 0.622 bits per heavy atom. The number of hydrogen-bond donors (Lipinski definition) is 0. The summed E-state index contributed by atoms with van der Waals surface area (Å²) < 4.78 is 0. The van der Waals surface area contributed by atoms with Crippen LogP contribution in [0.25, 0.3) is 0 Å². The number of benzene rings is 3. The van der Waals surface area contributed by atoms with Crippen LogP contribution in [0, 0.1) is 13.8 Å². The van der Waals surface area contributed by atoms with Gasteiger partial charge < -0.3 is 0 Å². The van der Waals surface area contributed by atoms with Crippen LogP contribution < -0.4 is 0 Å². The monoisotopic (exact) mass is 509 g/mol. The molecule has 0 bridgehead atoms. The van der Waals surface area contributed by atoms with Gasteiger partial charge in [-0.25, -0.2) is 0 Å². The first-order chi connectivity index (χ1) is 17.9. The van der Waals surface area contributed by atoms with Gasteiger partial charge in [0.25, 0.3) is 0 Å². The minimum atomic E-state index is 1.01. The highest BCUT2D eigenvalue weighted by molar-refractivity contribution is 5.33. The molecule has 0 amide bonds. The van der Waals surface area contributed by atoms with Crippen LogP contribution >= 0.6 is 0 Å². The molecule has 0 nitrogen and oxygen atoms in total. The third-order valence-corrected chi connectivity index (χ3v) is 4.08. The molecular formula is C37H64. The topological polar surface area (TPSA) is 0 Å². The second-order valence-corrected chi connectivity index (χ2v) is 8.26. The van der Waals surface area contributed by atoms with Crippen molar-refractivity contribution in [3.63, 3.8) is 0 Å². The number of rotatable bonds is 4. The summed E-state index contributed by atoms with van der Waals surface area (Å²) in [5, 5.41) is 0. The van der Waals surface area contributed by atoms with Crippen molar-refractivity contribution in [2.45, 2.75) is 129 Å². The van der Waals surface area contributed by atoms with E-state index in [0.29, 0.717) is 0 Å². The molecule has 0 aliphatic rings. The summed E-state index contributed by atoms with van der Waals surface area (Å²) >= 11 is 0. The molecule has 0 saturated heterocycles. The largest absolute Gasteiger partial charge is 0.0683 e. The van der Waals surface area contributed by atoms with E-state index in [4.69, 9.17) is 0 Å². The molecule has 0 radical (unpaired) electrons. The summed E-state index contributed by atoms with van der Waals surface area (Å²) in [6, 6.07) is 26.6. The molecule has 3 rings (SSSR count). The van der Waals surface area contributed by atoms with Gasteiger partial charge in [-0.15, -0.1) is 0 Å². The van der Waals surface area contributed by atoms with Crippen molar-refractivity contribution in [3.8, 4) is 0 Å². The zero-order chi connectivity index (χ0) is 29.5. The van der Waals surface area contributed by atoms with Gasteiger partial charge in [-0.05, 0) is 48.9 Å². The quantitative estimate of drug-likeness (QED) is 0.328. The number of hydrogen-bond acceptors (Lipinski definition) is 0. The molecule has 0 N–H and O–H groups in total. The van der Waals surface area contributed by atoms with Gasteiger partial charge in [-0.1, -0.05) is 186 Å². The van der Waals surface area contributed by atoms with Crippen LogP contribution in [0.15, 0.2) is 72.8 Å². The average molecular weight is 509 g/mol. The molecule has 0 fully saturated rings. The highest BCUT2D eigenvalue weighted by Crippen LogP contribution is 2.15. The maximum atomic E-state index is 2.25. The van der Waals surface area contributed by atoms with E-state index in [1.807, 2.05) is 41.5 Å². The van der Waals surface area contributed by atoms with Crippen molar-refractivity contribution in [2.75, 3.05) is 0 Å². The first kappa shape index (κ1) is 41.8. The van der Waals surface area contributed by atoms with Crippen LogP contribution in [0.4, 0.5) is 0 Å². The summed E-state index contributed by atoms with van der Waals surface area (Å²) in [5.74, 6) is 0. The third kappa shape index (κ3) is 26.5. The van der Waals surface area contributed by atoms with Crippen LogP contribution in [0.5, 0.6) is 0 Å². The van der Waals surface area contributed by atoms with Crippen molar-refractivity contribution >= 4 is 0 Å². The Hall–Kier alpha value is -2.34. The molecule has 0 aromatic heterocycles. The van der Waals surface area contributed by atoms with Crippen molar-refractivity contribution < 1.29 is 0 Å². The van der Waals surface area contributed by atoms with Crippen molar-refractivity contribution in [3.05, 3.63) is 106 Å². The Morgan fingerprint density at radius 2 is 0.459 bits per heavy atom. The van der Waals surface area contributed by atoms with Gasteiger partial charge in [-0.2, -0.15) is 0 Å². The highest BCUT2D eigenvalue weighted by Gasteiger charge is 1.99. The van der Waals surface area contributed by atoms with Crippen molar-refractivity contribution in [1.29, 1.82) is 0 Å². The van der Waals surface area contributed by atoms with Gasteiger partial charge in [0.2, 0.25) is 0 Å². The van der Waals surface area contributed by atoms with E-state index in [2.05, 4.69) is 128 Å². The molecule has 0 aliphatic heterocycles. The SMILES string of the molecule is CC.CC.CC.CCC.CCC.CCC.Cc1ccc(Cc2ccc(Cc3ccc(C)cc3)cc2)cc1. The van der Waals surface area contributed by atoms with Gasteiger partial charge >= 0.3 is 0 Å². The molecule has 3 aromatic carbocycles. The predicted molar refractivity (Wildman–Crippen MR) is 176 cm³/mol. The van der Waals surface area contributed by atoms with E-state index < -0.39 is 0 Å². The molecule has 0 heterocycles. The lowest BCUT2D eigenvalue weighted by atomic mass is 9.99. The molecular weight excluding hydrogens is 444 g/mol. The van der Waals surface area contributed by atoms with Crippen LogP contribution in [-0.2, 0) is 12.8 Å². The normalized spacial score (nSPS) is 8.27. The fraction of sp³-hybridized carbons (Fsp3) is 0.514. The Balaban J connectivity index is -0.000000307. The minimum absolute atomic E-state index is 1.01. The lowest BCUT2D eigenvalue weighted by Gasteiger charge is -2.06. The highest BCUT2D eigenvalue weighted by atomic mass is 14.0. The van der Waals surface area contributed by atoms with Gasteiger partial charge in [0.05, 0.1) is 0 Å². The second kappa shape index (κ2) is 33.7. The lowest BCUT2D eigenvalue weighted by Crippen LogP contribution is -1.91. The van der Waals surface area contributed by atoms with Gasteiger partial charge in [-0.3, -0.25) is 0 Å². The first-order valence-electron chi connectivity index (χ1n) is 15.1. The van der Waals surface area contributed by atoms with E-state index in [0.717, 1.165) is 12.8 Å². The molecule has 0 spiro atoms. The zero-order valence-electron chi connectivity index (χ0n) is 27.5. The average Bonchev–Trinajstić information content (AvgIpc) is 2.93. The fourth-order valence-corrected chi connectivity index (χ4v) is 2.66. The fourth-order valence-electron chi connectivity index (χ4n) is 2.66. The molecule has 212 valence electrons. The smallest absolute Gasteiger partial charge is 0.00258 e. The summed E-state index contributed by atoms with van der Waals surface area (Å²) in [7, 11) is 0. The summed E-state index contributed by atoms with van der Waals surface area (Å²) in [4.78, 5) is 0. The first-order valence-corrected chi connectivity index (χ1v) is 15.1. The van der Waals surface area contributed by atoms with Crippen LogP contribution in [0.2, 0.25) is 0 Å². The van der Waals surface area contributed by atoms with E-state index in [1.54, 1.807) is 0 Å². The molecule has 0 heteroatoms. The van der Waals surface area contributed by atoms with E-state index in [9.17, 15) is 0 Å². The Labute approximate surface area is 235 Å². The summed E-state index contributed by atoms with van der Waals surface area (Å²) in [6.45, 7) is 29.0. The van der Waals surface area contributed by atoms with Crippen LogP contribution in [0.3, 0.4) is 0 Å². The third-order valence-electron chi connectivity index (χ3n) is 4.08. The zero-order valence-corrected chi connectivity index (χ0v) is 27.5. The molecule has 0 saturated carbocycles. The summed E-state index contributed by atoms with van der Waals surface area (Å²) in [5.41, 5.74) is 8.12. The van der Waals surface area contributed by atoms with Gasteiger partial charge in [0.15, 0.2) is 0 Å². The Kier molecular flexibility index (Phi) is 38.0. The maximum Gasteiger partial charge on any atom is -0.00258 e. The molecule has 0 atom stereocenters. The standard InChI is InChI=1S/C22H22.3C3H8.3C2H6/c1-17-3-7-19(8-4-17)15-21-11-13-22(14-12-21)16-20-9-5-18(2)6-10-20;3*1-3-2;3*1-2/h3-14H,15-16H2,1-2H3;3*3H2,1-2H3;3*1-2H3. The van der Waals surface area contributed by atoms with Gasteiger partial charge in [0, 0.05) is 0 Å². The lowest BCUT2D eigenvalue weighted by molar-refractivity contribution is 1.09. The van der Waals surface area contributed by atoms with Crippen LogP contribution in [0.1, 0.15) is 136 Å². The summed E-state index contributed by atoms with van der Waals surface area (Å²) in [6.07, 6.45) is 5.76. The second-order valence-electron chi connectivity index (χ2n) is 8.26.